The van der Waals surface area contributed by atoms with Gasteiger partial charge in [0.25, 0.3) is 0 Å². The molecule has 1 aromatic rings. The first-order valence-electron chi connectivity index (χ1n) is 6.29. The summed E-state index contributed by atoms with van der Waals surface area (Å²) in [6, 6.07) is 5.44. The largest absolute Gasteiger partial charge is 0.490 e. The van der Waals surface area contributed by atoms with Gasteiger partial charge in [-0.05, 0) is 32.0 Å². The molecule has 0 aliphatic carbocycles. The molecule has 1 aliphatic heterocycles. The van der Waals surface area contributed by atoms with Crippen LogP contribution in [0.5, 0.6) is 5.75 Å². The van der Waals surface area contributed by atoms with Crippen LogP contribution in [-0.2, 0) is 15.1 Å². The van der Waals surface area contributed by atoms with Gasteiger partial charge in [0, 0.05) is 16.5 Å². The van der Waals surface area contributed by atoms with Crippen LogP contribution in [0.3, 0.4) is 0 Å². The number of hydrogen-bond donors (Lipinski definition) is 1. The van der Waals surface area contributed by atoms with Gasteiger partial charge in [-0.1, -0.05) is 15.9 Å². The van der Waals surface area contributed by atoms with Crippen LogP contribution < -0.4 is 4.74 Å². The van der Waals surface area contributed by atoms with E-state index < -0.39 is 11.6 Å². The fraction of sp³-hybridized carbons (Fsp3) is 0.500. The van der Waals surface area contributed by atoms with E-state index in [4.69, 9.17) is 9.47 Å². The zero-order chi connectivity index (χ0) is 14.0. The van der Waals surface area contributed by atoms with E-state index in [-0.39, 0.29) is 12.5 Å². The molecule has 2 atom stereocenters. The van der Waals surface area contributed by atoms with E-state index in [0.29, 0.717) is 24.3 Å². The second kappa shape index (κ2) is 5.51. The first kappa shape index (κ1) is 14.3. The zero-order valence-corrected chi connectivity index (χ0v) is 12.6. The number of hydrogen-bond acceptors (Lipinski definition) is 4. The van der Waals surface area contributed by atoms with E-state index in [1.807, 2.05) is 13.0 Å². The summed E-state index contributed by atoms with van der Waals surface area (Å²) in [6.45, 7) is 3.94. The molecule has 1 aromatic carbocycles. The number of esters is 1. The third kappa shape index (κ3) is 3.09. The van der Waals surface area contributed by atoms with Crippen molar-refractivity contribution in [2.75, 3.05) is 6.61 Å². The predicted molar refractivity (Wildman–Crippen MR) is 74.0 cm³/mol. The normalized spacial score (nSPS) is 25.4. The van der Waals surface area contributed by atoms with E-state index in [9.17, 15) is 9.90 Å². The summed E-state index contributed by atoms with van der Waals surface area (Å²) in [5, 5.41) is 10.8. The van der Waals surface area contributed by atoms with Crippen molar-refractivity contribution < 1.29 is 19.4 Å². The molecule has 2 rings (SSSR count). The maximum absolute atomic E-state index is 11.7. The van der Waals surface area contributed by atoms with Crippen molar-refractivity contribution in [3.05, 3.63) is 28.2 Å². The molecule has 0 unspecified atom stereocenters. The van der Waals surface area contributed by atoms with Crippen molar-refractivity contribution in [2.45, 2.75) is 38.4 Å². The van der Waals surface area contributed by atoms with Gasteiger partial charge in [-0.2, -0.15) is 0 Å². The number of benzene rings is 1. The smallest absolute Gasteiger partial charge is 0.309 e. The SMILES string of the molecule is CCOC(=O)C[C@]1(O)C[C@@H](C)Oc2ccc(Br)cc21. The quantitative estimate of drug-likeness (QED) is 0.867. The number of aliphatic hydroxyl groups is 1. The molecule has 0 saturated heterocycles. The highest BCUT2D eigenvalue weighted by Gasteiger charge is 2.41. The number of ether oxygens (including phenoxy) is 2. The highest BCUT2D eigenvalue weighted by molar-refractivity contribution is 9.10. The number of carbonyl (C=O) groups excluding carboxylic acids is 1. The van der Waals surface area contributed by atoms with Crippen molar-refractivity contribution in [2.24, 2.45) is 0 Å². The Hall–Kier alpha value is -1.07. The van der Waals surface area contributed by atoms with Crippen LogP contribution in [0.2, 0.25) is 0 Å². The molecule has 4 nitrogen and oxygen atoms in total. The Morgan fingerprint density at radius 2 is 2.37 bits per heavy atom. The third-order valence-electron chi connectivity index (χ3n) is 3.14. The molecule has 0 fully saturated rings. The van der Waals surface area contributed by atoms with Crippen LogP contribution in [0.15, 0.2) is 22.7 Å². The van der Waals surface area contributed by atoms with Crippen molar-refractivity contribution in [1.29, 1.82) is 0 Å². The highest BCUT2D eigenvalue weighted by Crippen LogP contribution is 2.42. The Kier molecular flexibility index (Phi) is 4.16. The summed E-state index contributed by atoms with van der Waals surface area (Å²) in [7, 11) is 0. The standard InChI is InChI=1S/C14H17BrO4/c1-3-18-13(16)8-14(17)7-9(2)19-12-5-4-10(15)6-11(12)14/h4-6,9,17H,3,7-8H2,1-2H3/t9-,14-/m1/s1. The molecule has 0 aromatic heterocycles. The maximum Gasteiger partial charge on any atom is 0.309 e. The Balaban J connectivity index is 2.35. The first-order valence-corrected chi connectivity index (χ1v) is 7.08. The van der Waals surface area contributed by atoms with Gasteiger partial charge in [-0.25, -0.2) is 0 Å². The number of carbonyl (C=O) groups is 1. The highest BCUT2D eigenvalue weighted by atomic mass is 79.9. The number of fused-ring (bicyclic) bond motifs is 1. The number of rotatable bonds is 3. The third-order valence-corrected chi connectivity index (χ3v) is 3.63. The topological polar surface area (TPSA) is 55.8 Å². The Labute approximate surface area is 120 Å². The summed E-state index contributed by atoms with van der Waals surface area (Å²) < 4.78 is 11.5. The van der Waals surface area contributed by atoms with Crippen LogP contribution >= 0.6 is 15.9 Å². The minimum Gasteiger partial charge on any atom is -0.490 e. The lowest BCUT2D eigenvalue weighted by Gasteiger charge is -2.37. The molecule has 1 N–H and O–H groups in total. The molecule has 0 radical (unpaired) electrons. The second-order valence-corrected chi connectivity index (χ2v) is 5.70. The summed E-state index contributed by atoms with van der Waals surface area (Å²) in [6.07, 6.45) is 0.167. The van der Waals surface area contributed by atoms with Gasteiger partial charge < -0.3 is 14.6 Å². The van der Waals surface area contributed by atoms with Crippen molar-refractivity contribution >= 4 is 21.9 Å². The molecule has 0 spiro atoms. The molecule has 1 heterocycles. The second-order valence-electron chi connectivity index (χ2n) is 4.79. The molecule has 1 aliphatic rings. The molecule has 104 valence electrons. The number of halogens is 1. The minimum atomic E-state index is -1.23. The van der Waals surface area contributed by atoms with Gasteiger partial charge in [0.2, 0.25) is 0 Å². The van der Waals surface area contributed by atoms with E-state index in [1.165, 1.54) is 0 Å². The van der Waals surface area contributed by atoms with Crippen LogP contribution in [-0.4, -0.2) is 23.8 Å². The molecule has 0 saturated carbocycles. The van der Waals surface area contributed by atoms with Crippen molar-refractivity contribution in [3.8, 4) is 5.75 Å². The average molecular weight is 329 g/mol. The minimum absolute atomic E-state index is 0.0575. The Morgan fingerprint density at radius 1 is 1.63 bits per heavy atom. The summed E-state index contributed by atoms with van der Waals surface area (Å²) in [5.74, 6) is 0.221. The summed E-state index contributed by atoms with van der Waals surface area (Å²) in [4.78, 5) is 11.7. The van der Waals surface area contributed by atoms with Crippen LogP contribution in [0.1, 0.15) is 32.3 Å². The molecule has 0 bridgehead atoms. The fourth-order valence-electron chi connectivity index (χ4n) is 2.43. The lowest BCUT2D eigenvalue weighted by Crippen LogP contribution is -2.39. The van der Waals surface area contributed by atoms with Crippen LogP contribution in [0.25, 0.3) is 0 Å². The van der Waals surface area contributed by atoms with Gasteiger partial charge in [-0.3, -0.25) is 4.79 Å². The molecule has 0 amide bonds. The first-order chi connectivity index (χ1) is 8.94. The fourth-order valence-corrected chi connectivity index (χ4v) is 2.79. The van der Waals surface area contributed by atoms with Crippen LogP contribution in [0, 0.1) is 0 Å². The van der Waals surface area contributed by atoms with E-state index in [1.54, 1.807) is 19.1 Å². The van der Waals surface area contributed by atoms with Gasteiger partial charge in [0.05, 0.1) is 19.1 Å². The summed E-state index contributed by atoms with van der Waals surface area (Å²) in [5.41, 5.74) is -0.601. The molecule has 19 heavy (non-hydrogen) atoms. The van der Waals surface area contributed by atoms with Gasteiger partial charge in [0.15, 0.2) is 0 Å². The van der Waals surface area contributed by atoms with Gasteiger partial charge in [0.1, 0.15) is 11.4 Å². The van der Waals surface area contributed by atoms with E-state index >= 15 is 0 Å². The van der Waals surface area contributed by atoms with Crippen molar-refractivity contribution in [3.63, 3.8) is 0 Å². The Bertz CT molecular complexity index is 488. The molecule has 5 heteroatoms. The Morgan fingerprint density at radius 3 is 3.05 bits per heavy atom. The zero-order valence-electron chi connectivity index (χ0n) is 11.0. The van der Waals surface area contributed by atoms with E-state index in [2.05, 4.69) is 15.9 Å². The lowest BCUT2D eigenvalue weighted by molar-refractivity contribution is -0.151. The summed E-state index contributed by atoms with van der Waals surface area (Å²) >= 11 is 3.37. The van der Waals surface area contributed by atoms with E-state index in [0.717, 1.165) is 4.47 Å². The van der Waals surface area contributed by atoms with Gasteiger partial charge in [-0.15, -0.1) is 0 Å². The monoisotopic (exact) mass is 328 g/mol. The average Bonchev–Trinajstić information content (AvgIpc) is 2.30. The van der Waals surface area contributed by atoms with Crippen molar-refractivity contribution in [1.82, 2.24) is 0 Å². The molecular formula is C14H17BrO4. The lowest BCUT2D eigenvalue weighted by atomic mass is 9.83. The van der Waals surface area contributed by atoms with Gasteiger partial charge >= 0.3 is 5.97 Å². The molecular weight excluding hydrogens is 312 g/mol. The maximum atomic E-state index is 11.7. The predicted octanol–water partition coefficient (Wildman–Crippen LogP) is 2.76. The van der Waals surface area contributed by atoms with Crippen LogP contribution in [0.4, 0.5) is 0 Å².